The van der Waals surface area contributed by atoms with Crippen molar-refractivity contribution in [2.45, 2.75) is 0 Å². The summed E-state index contributed by atoms with van der Waals surface area (Å²) in [5, 5.41) is 2.56. The SMILES string of the molecule is C=CCN1C(=O)/C(=C/c2ccccn2)C(=O)NC1=S. The van der Waals surface area contributed by atoms with Crippen molar-refractivity contribution >= 4 is 35.2 Å². The zero-order chi connectivity index (χ0) is 13.8. The molecule has 19 heavy (non-hydrogen) atoms. The van der Waals surface area contributed by atoms with Crippen molar-refractivity contribution in [3.8, 4) is 0 Å². The van der Waals surface area contributed by atoms with Crippen molar-refractivity contribution in [3.05, 3.63) is 48.3 Å². The molecule has 2 rings (SSSR count). The molecule has 0 atom stereocenters. The molecule has 6 heteroatoms. The summed E-state index contributed by atoms with van der Waals surface area (Å²) in [4.78, 5) is 29.3. The lowest BCUT2D eigenvalue weighted by atomic mass is 10.1. The summed E-state index contributed by atoms with van der Waals surface area (Å²) >= 11 is 4.95. The lowest BCUT2D eigenvalue weighted by Crippen LogP contribution is -2.53. The highest BCUT2D eigenvalue weighted by molar-refractivity contribution is 7.80. The molecule has 0 aromatic carbocycles. The molecule has 1 aliphatic rings. The number of rotatable bonds is 3. The number of aromatic nitrogens is 1. The van der Waals surface area contributed by atoms with Crippen LogP contribution in [0.5, 0.6) is 0 Å². The molecule has 0 saturated carbocycles. The summed E-state index contributed by atoms with van der Waals surface area (Å²) in [5.74, 6) is -0.958. The van der Waals surface area contributed by atoms with E-state index in [0.29, 0.717) is 5.69 Å². The summed E-state index contributed by atoms with van der Waals surface area (Å²) in [6, 6.07) is 5.24. The van der Waals surface area contributed by atoms with E-state index >= 15 is 0 Å². The third-order valence-electron chi connectivity index (χ3n) is 2.48. The fraction of sp³-hybridized carbons (Fsp3) is 0.0769. The van der Waals surface area contributed by atoms with Crippen LogP contribution in [0.25, 0.3) is 6.08 Å². The fourth-order valence-corrected chi connectivity index (χ4v) is 1.85. The van der Waals surface area contributed by atoms with E-state index in [1.54, 1.807) is 30.5 Å². The molecule has 0 aliphatic carbocycles. The van der Waals surface area contributed by atoms with Gasteiger partial charge in [-0.1, -0.05) is 12.1 Å². The van der Waals surface area contributed by atoms with Gasteiger partial charge >= 0.3 is 0 Å². The third kappa shape index (κ3) is 2.74. The number of amides is 2. The highest BCUT2D eigenvalue weighted by Gasteiger charge is 2.32. The number of hydrogen-bond acceptors (Lipinski definition) is 4. The Bertz CT molecular complexity index is 581. The third-order valence-corrected chi connectivity index (χ3v) is 2.80. The lowest BCUT2D eigenvalue weighted by Gasteiger charge is -2.27. The monoisotopic (exact) mass is 273 g/mol. The summed E-state index contributed by atoms with van der Waals surface area (Å²) in [5.41, 5.74) is 0.543. The minimum absolute atomic E-state index is 0.00847. The number of thiocarbonyl (C=S) groups is 1. The molecule has 1 aromatic rings. The van der Waals surface area contributed by atoms with Gasteiger partial charge < -0.3 is 0 Å². The molecule has 0 unspecified atom stereocenters. The number of pyridine rings is 1. The quantitative estimate of drug-likeness (QED) is 0.384. The van der Waals surface area contributed by atoms with Crippen molar-refractivity contribution in [1.29, 1.82) is 0 Å². The van der Waals surface area contributed by atoms with E-state index in [4.69, 9.17) is 12.2 Å². The van der Waals surface area contributed by atoms with Crippen molar-refractivity contribution < 1.29 is 9.59 Å². The maximum atomic E-state index is 12.2. The molecule has 1 fully saturated rings. The Hall–Kier alpha value is -2.34. The van der Waals surface area contributed by atoms with Crippen LogP contribution in [0.2, 0.25) is 0 Å². The Morgan fingerprint density at radius 2 is 2.21 bits per heavy atom. The van der Waals surface area contributed by atoms with Crippen LogP contribution in [-0.2, 0) is 9.59 Å². The molecule has 96 valence electrons. The molecule has 2 amide bonds. The molecule has 1 N–H and O–H groups in total. The second kappa shape index (κ2) is 5.53. The Morgan fingerprint density at radius 3 is 2.84 bits per heavy atom. The standard InChI is InChI=1S/C13H11N3O2S/c1-2-7-16-12(18)10(11(17)15-13(16)19)8-9-5-3-4-6-14-9/h2-6,8H,1,7H2,(H,15,17,19)/b10-8+. The minimum atomic E-state index is -0.513. The van der Waals surface area contributed by atoms with E-state index in [1.165, 1.54) is 11.0 Å². The average molecular weight is 273 g/mol. The molecule has 1 saturated heterocycles. The zero-order valence-electron chi connectivity index (χ0n) is 10.00. The second-order valence-corrected chi connectivity index (χ2v) is 4.16. The molecular weight excluding hydrogens is 262 g/mol. The number of nitrogens with zero attached hydrogens (tertiary/aromatic N) is 2. The van der Waals surface area contributed by atoms with Gasteiger partial charge in [-0.05, 0) is 30.4 Å². The topological polar surface area (TPSA) is 62.3 Å². The first-order valence-corrected chi connectivity index (χ1v) is 5.95. The molecule has 0 radical (unpaired) electrons. The van der Waals surface area contributed by atoms with Gasteiger partial charge in [0, 0.05) is 12.7 Å². The van der Waals surface area contributed by atoms with Crippen molar-refractivity contribution in [1.82, 2.24) is 15.2 Å². The van der Waals surface area contributed by atoms with Gasteiger partial charge in [-0.3, -0.25) is 24.8 Å². The van der Waals surface area contributed by atoms with Crippen LogP contribution in [-0.4, -0.2) is 33.4 Å². The van der Waals surface area contributed by atoms with Crippen LogP contribution in [0.4, 0.5) is 0 Å². The molecular formula is C13H11N3O2S. The first-order chi connectivity index (χ1) is 9.13. The van der Waals surface area contributed by atoms with Gasteiger partial charge in [0.05, 0.1) is 5.69 Å². The van der Waals surface area contributed by atoms with Gasteiger partial charge in [0.2, 0.25) is 0 Å². The summed E-state index contributed by atoms with van der Waals surface area (Å²) in [7, 11) is 0. The van der Waals surface area contributed by atoms with E-state index in [0.717, 1.165) is 0 Å². The summed E-state index contributed by atoms with van der Waals surface area (Å²) in [6.45, 7) is 3.80. The van der Waals surface area contributed by atoms with Gasteiger partial charge in [0.15, 0.2) is 5.11 Å². The van der Waals surface area contributed by atoms with Gasteiger partial charge in [-0.15, -0.1) is 6.58 Å². The number of carbonyl (C=O) groups is 2. The molecule has 1 aromatic heterocycles. The predicted octanol–water partition coefficient (Wildman–Crippen LogP) is 0.894. The van der Waals surface area contributed by atoms with E-state index < -0.39 is 11.8 Å². The van der Waals surface area contributed by atoms with Crippen LogP contribution in [0.15, 0.2) is 42.6 Å². The predicted molar refractivity (Wildman–Crippen MR) is 74.9 cm³/mol. The van der Waals surface area contributed by atoms with Crippen LogP contribution in [0, 0.1) is 0 Å². The van der Waals surface area contributed by atoms with Gasteiger partial charge in [-0.2, -0.15) is 0 Å². The van der Waals surface area contributed by atoms with Gasteiger partial charge in [-0.25, -0.2) is 0 Å². The maximum absolute atomic E-state index is 12.2. The molecule has 1 aliphatic heterocycles. The maximum Gasteiger partial charge on any atom is 0.266 e. The van der Waals surface area contributed by atoms with Crippen molar-refractivity contribution in [2.24, 2.45) is 0 Å². The lowest BCUT2D eigenvalue weighted by molar-refractivity contribution is -0.128. The van der Waals surface area contributed by atoms with E-state index in [1.807, 2.05) is 0 Å². The normalized spacial score (nSPS) is 17.6. The largest absolute Gasteiger partial charge is 0.298 e. The number of carbonyl (C=O) groups excluding carboxylic acids is 2. The van der Waals surface area contributed by atoms with Gasteiger partial charge in [0.25, 0.3) is 11.8 Å². The molecule has 2 heterocycles. The van der Waals surface area contributed by atoms with Crippen LogP contribution >= 0.6 is 12.2 Å². The first-order valence-electron chi connectivity index (χ1n) is 5.54. The Morgan fingerprint density at radius 1 is 1.42 bits per heavy atom. The molecule has 5 nitrogen and oxygen atoms in total. The van der Waals surface area contributed by atoms with Crippen LogP contribution in [0.1, 0.15) is 5.69 Å². The van der Waals surface area contributed by atoms with Crippen molar-refractivity contribution in [2.75, 3.05) is 6.54 Å². The summed E-state index contributed by atoms with van der Waals surface area (Å²) < 4.78 is 0. The first kappa shape index (κ1) is 13.1. The van der Waals surface area contributed by atoms with E-state index in [9.17, 15) is 9.59 Å². The minimum Gasteiger partial charge on any atom is -0.298 e. The summed E-state index contributed by atoms with van der Waals surface area (Å²) in [6.07, 6.45) is 4.57. The number of nitrogens with one attached hydrogen (secondary N) is 1. The fourth-order valence-electron chi connectivity index (χ4n) is 1.60. The average Bonchev–Trinajstić information content (AvgIpc) is 2.41. The Labute approximate surface area is 115 Å². The van der Waals surface area contributed by atoms with Crippen LogP contribution in [0.3, 0.4) is 0 Å². The van der Waals surface area contributed by atoms with E-state index in [-0.39, 0.29) is 17.2 Å². The van der Waals surface area contributed by atoms with Crippen molar-refractivity contribution in [3.63, 3.8) is 0 Å². The van der Waals surface area contributed by atoms with Crippen LogP contribution < -0.4 is 5.32 Å². The zero-order valence-corrected chi connectivity index (χ0v) is 10.8. The van der Waals surface area contributed by atoms with E-state index in [2.05, 4.69) is 16.9 Å². The highest BCUT2D eigenvalue weighted by atomic mass is 32.1. The Balaban J connectivity index is 2.36. The number of hydrogen-bond donors (Lipinski definition) is 1. The molecule has 0 spiro atoms. The smallest absolute Gasteiger partial charge is 0.266 e. The molecule has 0 bridgehead atoms. The van der Waals surface area contributed by atoms with Gasteiger partial charge in [0.1, 0.15) is 5.57 Å². The second-order valence-electron chi connectivity index (χ2n) is 3.78. The highest BCUT2D eigenvalue weighted by Crippen LogP contribution is 2.13. The Kier molecular flexibility index (Phi) is 3.82.